The normalized spacial score (nSPS) is 17.5. The van der Waals surface area contributed by atoms with E-state index >= 15 is 0 Å². The van der Waals surface area contributed by atoms with Gasteiger partial charge in [0.15, 0.2) is 0 Å². The lowest BCUT2D eigenvalue weighted by atomic mass is 10.3. The third-order valence-corrected chi connectivity index (χ3v) is 2.05. The van der Waals surface area contributed by atoms with Gasteiger partial charge < -0.3 is 9.80 Å². The van der Waals surface area contributed by atoms with Crippen LogP contribution >= 0.6 is 0 Å². The number of carbonyl (C=O) groups excluding carboxylic acids is 2. The summed E-state index contributed by atoms with van der Waals surface area (Å²) in [4.78, 5) is 25.4. The topological polar surface area (TPSA) is 40.6 Å². The first kappa shape index (κ1) is 9.59. The maximum atomic E-state index is 11.3. The lowest BCUT2D eigenvalue weighted by Gasteiger charge is -2.30. The maximum Gasteiger partial charge on any atom is 0.312 e. The number of terminal acetylenes is 1. The minimum absolute atomic E-state index is 0.441. The van der Waals surface area contributed by atoms with Crippen LogP contribution in [0.5, 0.6) is 0 Å². The number of hydrogen-bond donors (Lipinski definition) is 0. The van der Waals surface area contributed by atoms with Gasteiger partial charge in [-0.1, -0.05) is 0 Å². The van der Waals surface area contributed by atoms with Crippen molar-refractivity contribution < 1.29 is 9.59 Å². The van der Waals surface area contributed by atoms with Crippen molar-refractivity contribution in [2.24, 2.45) is 0 Å². The number of nitrogens with zero attached hydrogens (tertiary/aromatic N) is 2. The van der Waals surface area contributed by atoms with Crippen molar-refractivity contribution in [3.63, 3.8) is 0 Å². The van der Waals surface area contributed by atoms with Gasteiger partial charge in [0, 0.05) is 33.1 Å². The van der Waals surface area contributed by atoms with E-state index in [-0.39, 0.29) is 0 Å². The third-order valence-electron chi connectivity index (χ3n) is 2.05. The summed E-state index contributed by atoms with van der Waals surface area (Å²) in [5.74, 6) is 1.56. The van der Waals surface area contributed by atoms with Crippen molar-refractivity contribution in [3.8, 4) is 12.3 Å². The zero-order valence-corrected chi connectivity index (χ0v) is 7.62. The van der Waals surface area contributed by atoms with Crippen molar-refractivity contribution in [3.05, 3.63) is 0 Å². The van der Waals surface area contributed by atoms with E-state index in [1.807, 2.05) is 0 Å². The number of likely N-dealkylation sites (N-methyl/N-ethyl adjacent to an activating group) is 1. The lowest BCUT2D eigenvalue weighted by Crippen LogP contribution is -2.52. The van der Waals surface area contributed by atoms with Gasteiger partial charge in [0.25, 0.3) is 0 Å². The quantitative estimate of drug-likeness (QED) is 0.417. The minimum Gasteiger partial charge on any atom is -0.336 e. The van der Waals surface area contributed by atoms with Crippen LogP contribution in [0.25, 0.3) is 0 Å². The fraction of sp³-hybridized carbons (Fsp3) is 0.556. The molecule has 0 saturated carbocycles. The Bertz CT molecular complexity index is 267. The SMILES string of the molecule is C#CCCN1CCN(C)C(=O)C1=O. The van der Waals surface area contributed by atoms with Crippen molar-refractivity contribution >= 4 is 11.8 Å². The zero-order chi connectivity index (χ0) is 9.84. The van der Waals surface area contributed by atoms with Crippen LogP contribution in [-0.4, -0.2) is 48.3 Å². The molecule has 1 aliphatic rings. The van der Waals surface area contributed by atoms with Crippen LogP contribution in [0.2, 0.25) is 0 Å². The molecule has 0 unspecified atom stereocenters. The molecule has 4 heteroatoms. The average Bonchev–Trinajstić information content (AvgIpc) is 2.13. The summed E-state index contributed by atoms with van der Waals surface area (Å²) in [6.45, 7) is 1.66. The molecule has 4 nitrogen and oxygen atoms in total. The Morgan fingerprint density at radius 2 is 2.08 bits per heavy atom. The fourth-order valence-electron chi connectivity index (χ4n) is 1.19. The molecule has 2 amide bonds. The molecule has 1 saturated heterocycles. The highest BCUT2D eigenvalue weighted by molar-refractivity contribution is 6.35. The Balaban J connectivity index is 2.55. The largest absolute Gasteiger partial charge is 0.336 e. The van der Waals surface area contributed by atoms with Gasteiger partial charge in [0.05, 0.1) is 0 Å². The van der Waals surface area contributed by atoms with Gasteiger partial charge in [0.2, 0.25) is 0 Å². The van der Waals surface area contributed by atoms with Crippen LogP contribution < -0.4 is 0 Å². The second kappa shape index (κ2) is 3.94. The van der Waals surface area contributed by atoms with Crippen LogP contribution in [0.4, 0.5) is 0 Å². The molecule has 1 heterocycles. The van der Waals surface area contributed by atoms with Crippen LogP contribution in [0, 0.1) is 12.3 Å². The molecule has 0 spiro atoms. The van der Waals surface area contributed by atoms with Crippen LogP contribution in [-0.2, 0) is 9.59 Å². The molecule has 0 aliphatic carbocycles. The Morgan fingerprint density at radius 3 is 2.69 bits per heavy atom. The molecule has 0 radical (unpaired) electrons. The van der Waals surface area contributed by atoms with Gasteiger partial charge in [-0.15, -0.1) is 12.3 Å². The molecule has 13 heavy (non-hydrogen) atoms. The summed E-state index contributed by atoms with van der Waals surface area (Å²) >= 11 is 0. The van der Waals surface area contributed by atoms with Gasteiger partial charge in [-0.3, -0.25) is 9.59 Å². The maximum absolute atomic E-state index is 11.3. The van der Waals surface area contributed by atoms with E-state index in [1.165, 1.54) is 9.80 Å². The highest BCUT2D eigenvalue weighted by atomic mass is 16.2. The van der Waals surface area contributed by atoms with E-state index in [2.05, 4.69) is 5.92 Å². The van der Waals surface area contributed by atoms with E-state index in [0.717, 1.165) is 0 Å². The molecule has 0 atom stereocenters. The molecule has 0 aromatic heterocycles. The van der Waals surface area contributed by atoms with Gasteiger partial charge in [-0.05, 0) is 0 Å². The fourth-order valence-corrected chi connectivity index (χ4v) is 1.19. The van der Waals surface area contributed by atoms with E-state index < -0.39 is 11.8 Å². The monoisotopic (exact) mass is 180 g/mol. The van der Waals surface area contributed by atoms with Crippen molar-refractivity contribution in [1.82, 2.24) is 9.80 Å². The number of carbonyl (C=O) groups is 2. The Kier molecular flexibility index (Phi) is 2.91. The summed E-state index contributed by atoms with van der Waals surface area (Å²) in [5.41, 5.74) is 0. The number of piperazine rings is 1. The number of hydrogen-bond acceptors (Lipinski definition) is 2. The Morgan fingerprint density at radius 1 is 1.38 bits per heavy atom. The third kappa shape index (κ3) is 2.00. The second-order valence-corrected chi connectivity index (χ2v) is 2.97. The Labute approximate surface area is 77.5 Å². The summed E-state index contributed by atoms with van der Waals surface area (Å²) in [6, 6.07) is 0. The van der Waals surface area contributed by atoms with Crippen LogP contribution in [0.15, 0.2) is 0 Å². The first-order valence-electron chi connectivity index (χ1n) is 4.14. The van der Waals surface area contributed by atoms with Gasteiger partial charge in [0.1, 0.15) is 0 Å². The predicted octanol–water partition coefficient (Wildman–Crippen LogP) is -0.690. The molecule has 1 rings (SSSR count). The van der Waals surface area contributed by atoms with E-state index in [1.54, 1.807) is 7.05 Å². The minimum atomic E-state index is -0.441. The molecule has 1 aliphatic heterocycles. The van der Waals surface area contributed by atoms with E-state index in [9.17, 15) is 9.59 Å². The highest BCUT2D eigenvalue weighted by Gasteiger charge is 2.29. The standard InChI is InChI=1S/C9H12N2O2/c1-3-4-5-11-7-6-10(2)8(12)9(11)13/h1H,4-7H2,2H3. The molecule has 0 aromatic carbocycles. The molecule has 70 valence electrons. The number of amides is 2. The molecule has 1 fully saturated rings. The first-order chi connectivity index (χ1) is 6.16. The van der Waals surface area contributed by atoms with Crippen molar-refractivity contribution in [1.29, 1.82) is 0 Å². The van der Waals surface area contributed by atoms with Crippen LogP contribution in [0.3, 0.4) is 0 Å². The summed E-state index contributed by atoms with van der Waals surface area (Å²) in [6.07, 6.45) is 5.57. The van der Waals surface area contributed by atoms with Gasteiger partial charge in [-0.25, -0.2) is 0 Å². The average molecular weight is 180 g/mol. The second-order valence-electron chi connectivity index (χ2n) is 2.97. The lowest BCUT2D eigenvalue weighted by molar-refractivity contribution is -0.154. The zero-order valence-electron chi connectivity index (χ0n) is 7.62. The van der Waals surface area contributed by atoms with Crippen molar-refractivity contribution in [2.75, 3.05) is 26.7 Å². The first-order valence-corrected chi connectivity index (χ1v) is 4.14. The smallest absolute Gasteiger partial charge is 0.312 e. The Hall–Kier alpha value is -1.50. The van der Waals surface area contributed by atoms with E-state index in [4.69, 9.17) is 6.42 Å². The summed E-state index contributed by atoms with van der Waals surface area (Å²) in [7, 11) is 1.62. The van der Waals surface area contributed by atoms with Gasteiger partial charge >= 0.3 is 11.8 Å². The predicted molar refractivity (Wildman–Crippen MR) is 47.7 cm³/mol. The number of rotatable bonds is 2. The summed E-state index contributed by atoms with van der Waals surface area (Å²) < 4.78 is 0. The summed E-state index contributed by atoms with van der Waals surface area (Å²) in [5, 5.41) is 0. The molecular weight excluding hydrogens is 168 g/mol. The molecule has 0 N–H and O–H groups in total. The van der Waals surface area contributed by atoms with Gasteiger partial charge in [-0.2, -0.15) is 0 Å². The van der Waals surface area contributed by atoms with Crippen LogP contribution in [0.1, 0.15) is 6.42 Å². The molecular formula is C9H12N2O2. The van der Waals surface area contributed by atoms with E-state index in [0.29, 0.717) is 26.1 Å². The van der Waals surface area contributed by atoms with Crippen molar-refractivity contribution in [2.45, 2.75) is 6.42 Å². The molecule has 0 bridgehead atoms. The molecule has 0 aromatic rings. The highest BCUT2D eigenvalue weighted by Crippen LogP contribution is 2.02.